The normalized spacial score (nSPS) is 12.6. The van der Waals surface area contributed by atoms with Crippen LogP contribution in [-0.2, 0) is 28.6 Å². The molecule has 0 aliphatic rings. The first-order chi connectivity index (χ1) is 40.5. The number of ether oxygens (including phenoxy) is 3. The summed E-state index contributed by atoms with van der Waals surface area (Å²) in [6.45, 7) is 6.39. The van der Waals surface area contributed by atoms with Crippen LogP contribution in [0.1, 0.15) is 361 Å². The van der Waals surface area contributed by atoms with Crippen molar-refractivity contribution < 1.29 is 28.6 Å². The summed E-state index contributed by atoms with van der Waals surface area (Å²) in [6, 6.07) is 0. The average molecular weight is 1140 g/mol. The Kier molecular flexibility index (Phi) is 67.2. The molecule has 0 aliphatic heterocycles. The van der Waals surface area contributed by atoms with Gasteiger partial charge in [0.05, 0.1) is 0 Å². The highest BCUT2D eigenvalue weighted by molar-refractivity contribution is 5.71. The van der Waals surface area contributed by atoms with Crippen LogP contribution in [0.4, 0.5) is 0 Å². The van der Waals surface area contributed by atoms with Crippen LogP contribution in [0.25, 0.3) is 0 Å². The first-order valence-corrected chi connectivity index (χ1v) is 35.6. The van der Waals surface area contributed by atoms with Crippen LogP contribution in [-0.4, -0.2) is 37.2 Å². The van der Waals surface area contributed by atoms with E-state index in [1.807, 2.05) is 6.08 Å². The van der Waals surface area contributed by atoms with Crippen molar-refractivity contribution >= 4 is 17.9 Å². The maximum Gasteiger partial charge on any atom is 0.306 e. The summed E-state index contributed by atoms with van der Waals surface area (Å²) < 4.78 is 16.9. The molecule has 0 rings (SSSR count). The van der Waals surface area contributed by atoms with E-state index in [1.165, 1.54) is 225 Å². The zero-order valence-electron chi connectivity index (χ0n) is 54.5. The molecule has 0 spiro atoms. The highest BCUT2D eigenvalue weighted by Crippen LogP contribution is 2.18. The molecule has 1 atom stereocenters. The molecule has 1 unspecified atom stereocenters. The summed E-state index contributed by atoms with van der Waals surface area (Å²) >= 11 is 0. The molecule has 0 saturated heterocycles. The van der Waals surface area contributed by atoms with E-state index in [2.05, 4.69) is 99.8 Å². The Balaban J connectivity index is 4.13. The first kappa shape index (κ1) is 78.6. The number of rotatable bonds is 65. The van der Waals surface area contributed by atoms with Gasteiger partial charge in [0.25, 0.3) is 0 Å². The van der Waals surface area contributed by atoms with Crippen LogP contribution in [0.15, 0.2) is 85.1 Å². The molecule has 82 heavy (non-hydrogen) atoms. The highest BCUT2D eigenvalue weighted by Gasteiger charge is 2.19. The topological polar surface area (TPSA) is 78.9 Å². The lowest BCUT2D eigenvalue weighted by molar-refractivity contribution is -0.166. The summed E-state index contributed by atoms with van der Waals surface area (Å²) in [5, 5.41) is 0. The molecule has 474 valence electrons. The quantitative estimate of drug-likeness (QED) is 0.0261. The Morgan fingerprint density at radius 1 is 0.256 bits per heavy atom. The predicted molar refractivity (Wildman–Crippen MR) is 358 cm³/mol. The number of allylic oxidation sites excluding steroid dienone is 14. The van der Waals surface area contributed by atoms with E-state index in [1.54, 1.807) is 0 Å². The zero-order chi connectivity index (χ0) is 59.2. The van der Waals surface area contributed by atoms with Crippen molar-refractivity contribution in [2.45, 2.75) is 367 Å². The lowest BCUT2D eigenvalue weighted by atomic mass is 10.0. The molecule has 0 radical (unpaired) electrons. The van der Waals surface area contributed by atoms with E-state index in [0.29, 0.717) is 19.3 Å². The SMILES string of the molecule is CC/C=C\C/C=C\C/C=C\C/C=C\CCC(=O)OCC(COC(=O)CCCCCCCCCCCCCCCCCCCCCCCCCCCCCCCCCCCC)OC(=O)CCCCCCCCC/C=C\C/C=C\C/C=C\CC. The van der Waals surface area contributed by atoms with Gasteiger partial charge in [0.1, 0.15) is 13.2 Å². The smallest absolute Gasteiger partial charge is 0.306 e. The molecule has 0 bridgehead atoms. The molecule has 0 aliphatic carbocycles. The number of carbonyl (C=O) groups excluding carboxylic acids is 3. The molecule has 0 amide bonds. The van der Waals surface area contributed by atoms with E-state index in [-0.39, 0.29) is 37.5 Å². The second-order valence-corrected chi connectivity index (χ2v) is 23.7. The molecule has 6 heteroatoms. The maximum absolute atomic E-state index is 12.9. The van der Waals surface area contributed by atoms with Gasteiger partial charge >= 0.3 is 17.9 Å². The van der Waals surface area contributed by atoms with Crippen molar-refractivity contribution in [3.05, 3.63) is 85.1 Å². The van der Waals surface area contributed by atoms with Crippen LogP contribution in [0.5, 0.6) is 0 Å². The molecule has 0 aromatic heterocycles. The van der Waals surface area contributed by atoms with Crippen molar-refractivity contribution in [2.24, 2.45) is 0 Å². The minimum atomic E-state index is -0.811. The summed E-state index contributed by atoms with van der Waals surface area (Å²) in [7, 11) is 0. The van der Waals surface area contributed by atoms with Crippen molar-refractivity contribution in [1.82, 2.24) is 0 Å². The summed E-state index contributed by atoms with van der Waals surface area (Å²) in [5.41, 5.74) is 0. The highest BCUT2D eigenvalue weighted by atomic mass is 16.6. The largest absolute Gasteiger partial charge is 0.462 e. The van der Waals surface area contributed by atoms with Gasteiger partial charge in [0, 0.05) is 19.3 Å². The van der Waals surface area contributed by atoms with Gasteiger partial charge in [-0.3, -0.25) is 14.4 Å². The van der Waals surface area contributed by atoms with Gasteiger partial charge in [0.2, 0.25) is 0 Å². The number of unbranched alkanes of at least 4 members (excludes halogenated alkanes) is 40. The van der Waals surface area contributed by atoms with Crippen LogP contribution >= 0.6 is 0 Å². The second-order valence-electron chi connectivity index (χ2n) is 23.7. The third kappa shape index (κ3) is 67.4. The van der Waals surface area contributed by atoms with Gasteiger partial charge in [-0.1, -0.05) is 350 Å². The van der Waals surface area contributed by atoms with Crippen molar-refractivity contribution in [3.8, 4) is 0 Å². The third-order valence-corrected chi connectivity index (χ3v) is 15.7. The van der Waals surface area contributed by atoms with Gasteiger partial charge in [-0.2, -0.15) is 0 Å². The Morgan fingerprint density at radius 3 is 0.817 bits per heavy atom. The fourth-order valence-electron chi connectivity index (χ4n) is 10.4. The number of esters is 3. The van der Waals surface area contributed by atoms with Crippen molar-refractivity contribution in [2.75, 3.05) is 13.2 Å². The van der Waals surface area contributed by atoms with E-state index in [9.17, 15) is 14.4 Å². The van der Waals surface area contributed by atoms with Crippen LogP contribution in [0, 0.1) is 0 Å². The van der Waals surface area contributed by atoms with E-state index < -0.39 is 6.10 Å². The fourth-order valence-corrected chi connectivity index (χ4v) is 10.4. The number of hydrogen-bond donors (Lipinski definition) is 0. The Labute approximate surface area is 509 Å². The first-order valence-electron chi connectivity index (χ1n) is 35.6. The van der Waals surface area contributed by atoms with Crippen molar-refractivity contribution in [1.29, 1.82) is 0 Å². The molecule has 0 N–H and O–H groups in total. The van der Waals surface area contributed by atoms with Gasteiger partial charge in [0.15, 0.2) is 6.10 Å². The van der Waals surface area contributed by atoms with Crippen LogP contribution in [0.2, 0.25) is 0 Å². The fraction of sp³-hybridized carbons (Fsp3) is 0.776. The minimum Gasteiger partial charge on any atom is -0.462 e. The number of hydrogen-bond acceptors (Lipinski definition) is 6. The predicted octanol–water partition coefficient (Wildman–Crippen LogP) is 24.6. The molecular weight excluding hydrogens is 1010 g/mol. The standard InChI is InChI=1S/C76H134O6/c1-4-7-10-13-16-19-22-25-27-29-30-31-32-33-34-35-36-37-38-39-40-41-42-43-44-45-47-48-51-54-57-60-63-66-69-75(78)81-72-73(71-80-74(77)68-65-62-59-56-53-50-24-21-18-15-12-9-6-3)82-76(79)70-67-64-61-58-55-52-49-46-28-26-23-20-17-14-11-8-5-2/h8-9,11-12,17-18,20-21,26,28,50,53,59,62,73H,4-7,10,13-16,19,22-25,27,29-49,51-52,54-58,60-61,63-72H2,1-3H3/b11-8-,12-9-,20-17-,21-18-,28-26-,53-50-,62-59-. The lowest BCUT2D eigenvalue weighted by Crippen LogP contribution is -2.30. The van der Waals surface area contributed by atoms with E-state index >= 15 is 0 Å². The van der Waals surface area contributed by atoms with Gasteiger partial charge in [-0.15, -0.1) is 0 Å². The van der Waals surface area contributed by atoms with Gasteiger partial charge in [-0.25, -0.2) is 0 Å². The Bertz CT molecular complexity index is 1550. The van der Waals surface area contributed by atoms with Crippen LogP contribution < -0.4 is 0 Å². The third-order valence-electron chi connectivity index (χ3n) is 15.7. The summed E-state index contributed by atoms with van der Waals surface area (Å²) in [4.78, 5) is 38.3. The maximum atomic E-state index is 12.9. The van der Waals surface area contributed by atoms with Gasteiger partial charge < -0.3 is 14.2 Å². The molecule has 6 nitrogen and oxygen atoms in total. The Hall–Kier alpha value is -3.41. The monoisotopic (exact) mass is 1140 g/mol. The summed E-state index contributed by atoms with van der Waals surface area (Å²) in [6.07, 6.45) is 93.8. The van der Waals surface area contributed by atoms with E-state index in [4.69, 9.17) is 14.2 Å². The molecule has 0 aromatic carbocycles. The van der Waals surface area contributed by atoms with E-state index in [0.717, 1.165) is 89.9 Å². The molecule has 0 aromatic rings. The molecule has 0 saturated carbocycles. The minimum absolute atomic E-state index is 0.100. The average Bonchev–Trinajstić information content (AvgIpc) is 3.47. The Morgan fingerprint density at radius 2 is 0.500 bits per heavy atom. The van der Waals surface area contributed by atoms with Gasteiger partial charge in [-0.05, 0) is 77.0 Å². The lowest BCUT2D eigenvalue weighted by Gasteiger charge is -2.18. The molecular formula is C76H134O6. The molecule has 0 heterocycles. The van der Waals surface area contributed by atoms with Crippen molar-refractivity contribution in [3.63, 3.8) is 0 Å². The second kappa shape index (κ2) is 70.1. The summed E-state index contributed by atoms with van der Waals surface area (Å²) in [5.74, 6) is -0.981. The zero-order valence-corrected chi connectivity index (χ0v) is 54.5. The molecule has 0 fully saturated rings. The number of carbonyl (C=O) groups is 3. The van der Waals surface area contributed by atoms with Crippen LogP contribution in [0.3, 0.4) is 0 Å².